The Balaban J connectivity index is 1.88. The monoisotopic (exact) mass is 286 g/mol. The summed E-state index contributed by atoms with van der Waals surface area (Å²) in [5.74, 6) is 0.563. The number of para-hydroxylation sites is 1. The van der Waals surface area contributed by atoms with E-state index in [1.54, 1.807) is 16.9 Å². The normalized spacial score (nSPS) is 11.9. The highest BCUT2D eigenvalue weighted by atomic mass is 16.5. The molecule has 7 nitrogen and oxygen atoms in total. The Hall–Kier alpha value is -2.96. The lowest BCUT2D eigenvalue weighted by Crippen LogP contribution is -2.15. The van der Waals surface area contributed by atoms with Crippen molar-refractivity contribution in [3.05, 3.63) is 48.5 Å². The summed E-state index contributed by atoms with van der Waals surface area (Å²) >= 11 is 0. The zero-order valence-corrected chi connectivity index (χ0v) is 11.1. The summed E-state index contributed by atoms with van der Waals surface area (Å²) in [5.41, 5.74) is 6.25. The summed E-state index contributed by atoms with van der Waals surface area (Å²) in [4.78, 5) is 0. The first-order valence-corrected chi connectivity index (χ1v) is 6.39. The van der Waals surface area contributed by atoms with E-state index in [0.29, 0.717) is 24.5 Å². The fraction of sp³-hybridized carbons (Fsp3) is 0.143. The van der Waals surface area contributed by atoms with Crippen LogP contribution in [-0.4, -0.2) is 27.4 Å². The van der Waals surface area contributed by atoms with Gasteiger partial charge in [0, 0.05) is 12.4 Å². The highest BCUT2D eigenvalue weighted by molar-refractivity contribution is 6.03. The zero-order valence-electron chi connectivity index (χ0n) is 11.1. The van der Waals surface area contributed by atoms with Crippen LogP contribution in [0.2, 0.25) is 0 Å². The van der Waals surface area contributed by atoms with E-state index in [0.717, 1.165) is 5.39 Å². The van der Waals surface area contributed by atoms with Crippen LogP contribution in [0.5, 0.6) is 5.75 Å². The van der Waals surface area contributed by atoms with E-state index in [2.05, 4.69) is 10.3 Å². The van der Waals surface area contributed by atoms with Crippen LogP contribution in [0.3, 0.4) is 0 Å². The molecule has 3 rings (SSSR count). The van der Waals surface area contributed by atoms with Crippen molar-refractivity contribution in [2.75, 3.05) is 6.61 Å². The lowest BCUT2D eigenvalue weighted by molar-refractivity contribution is 0.288. The molecule has 1 aromatic carbocycles. The Labute approximate surface area is 120 Å². The summed E-state index contributed by atoms with van der Waals surface area (Å²) in [7, 11) is 0. The Kier molecular flexibility index (Phi) is 3.46. The molecule has 0 saturated carbocycles. The first-order valence-electron chi connectivity index (χ1n) is 6.39. The van der Waals surface area contributed by atoms with Crippen LogP contribution in [0.25, 0.3) is 11.0 Å². The van der Waals surface area contributed by atoms with Crippen LogP contribution in [0.4, 0.5) is 0 Å². The van der Waals surface area contributed by atoms with E-state index in [1.165, 1.54) is 0 Å². The van der Waals surface area contributed by atoms with E-state index in [-0.39, 0.29) is 11.6 Å². The van der Waals surface area contributed by atoms with E-state index in [1.807, 2.05) is 30.5 Å². The van der Waals surface area contributed by atoms with Crippen LogP contribution in [0.15, 0.2) is 52.3 Å². The molecule has 0 radical (unpaired) electrons. The highest BCUT2D eigenvalue weighted by Crippen LogP contribution is 2.32. The van der Waals surface area contributed by atoms with Gasteiger partial charge in [0.05, 0.1) is 11.9 Å². The summed E-state index contributed by atoms with van der Waals surface area (Å²) in [5, 5.41) is 16.7. The van der Waals surface area contributed by atoms with Gasteiger partial charge in [0.1, 0.15) is 12.2 Å². The molecular formula is C14H14N4O3. The molecule has 7 heteroatoms. The summed E-state index contributed by atoms with van der Waals surface area (Å²) in [6.45, 7) is 0.971. The van der Waals surface area contributed by atoms with Crippen LogP contribution in [0, 0.1) is 0 Å². The number of hydrogen-bond acceptors (Lipinski definition) is 5. The molecule has 2 aromatic heterocycles. The van der Waals surface area contributed by atoms with Gasteiger partial charge < -0.3 is 20.1 Å². The fourth-order valence-electron chi connectivity index (χ4n) is 2.05. The van der Waals surface area contributed by atoms with Gasteiger partial charge in [-0.2, -0.15) is 5.10 Å². The molecule has 108 valence electrons. The third-order valence-electron chi connectivity index (χ3n) is 3.02. The number of ether oxygens (including phenoxy) is 1. The molecule has 0 spiro atoms. The topological polar surface area (TPSA) is 98.8 Å². The van der Waals surface area contributed by atoms with Crippen molar-refractivity contribution >= 4 is 16.8 Å². The van der Waals surface area contributed by atoms with Crippen molar-refractivity contribution in [1.82, 2.24) is 9.78 Å². The molecule has 0 fully saturated rings. The predicted molar refractivity (Wildman–Crippen MR) is 76.4 cm³/mol. The van der Waals surface area contributed by atoms with Gasteiger partial charge in [-0.25, -0.2) is 0 Å². The number of oxime groups is 1. The number of hydrogen-bond donors (Lipinski definition) is 2. The number of aromatic nitrogens is 2. The van der Waals surface area contributed by atoms with Crippen molar-refractivity contribution < 1.29 is 14.4 Å². The Morgan fingerprint density at radius 3 is 3.00 bits per heavy atom. The first kappa shape index (κ1) is 13.0. The van der Waals surface area contributed by atoms with Crippen molar-refractivity contribution in [2.24, 2.45) is 10.9 Å². The number of furan rings is 1. The lowest BCUT2D eigenvalue weighted by Gasteiger charge is -2.06. The molecule has 0 aliphatic heterocycles. The summed E-state index contributed by atoms with van der Waals surface area (Å²) < 4.78 is 13.1. The summed E-state index contributed by atoms with van der Waals surface area (Å²) in [6, 6.07) is 9.21. The minimum absolute atomic E-state index is 0.125. The smallest absolute Gasteiger partial charge is 0.215 e. The van der Waals surface area contributed by atoms with Crippen molar-refractivity contribution in [1.29, 1.82) is 0 Å². The third kappa shape index (κ3) is 2.53. The molecular weight excluding hydrogens is 272 g/mol. The van der Waals surface area contributed by atoms with Gasteiger partial charge in [-0.1, -0.05) is 17.3 Å². The lowest BCUT2D eigenvalue weighted by atomic mass is 10.2. The van der Waals surface area contributed by atoms with Gasteiger partial charge in [-0.3, -0.25) is 4.68 Å². The fourth-order valence-corrected chi connectivity index (χ4v) is 2.05. The maximum atomic E-state index is 8.85. The minimum Gasteiger partial charge on any atom is -0.487 e. The largest absolute Gasteiger partial charge is 0.487 e. The van der Waals surface area contributed by atoms with Crippen LogP contribution >= 0.6 is 0 Å². The number of nitrogens with two attached hydrogens (primary N) is 1. The highest BCUT2D eigenvalue weighted by Gasteiger charge is 2.18. The minimum atomic E-state index is -0.125. The second kappa shape index (κ2) is 5.58. The first-order chi connectivity index (χ1) is 10.3. The number of benzene rings is 1. The Morgan fingerprint density at radius 1 is 1.38 bits per heavy atom. The van der Waals surface area contributed by atoms with E-state index in [9.17, 15) is 0 Å². The molecule has 0 unspecified atom stereocenters. The van der Waals surface area contributed by atoms with Crippen molar-refractivity contribution in [3.63, 3.8) is 0 Å². The average Bonchev–Trinajstić information content (AvgIpc) is 3.14. The molecule has 2 heterocycles. The molecule has 0 aliphatic rings. The Bertz CT molecular complexity index is 762. The molecule has 0 aliphatic carbocycles. The van der Waals surface area contributed by atoms with E-state index >= 15 is 0 Å². The predicted octanol–water partition coefficient (Wildman–Crippen LogP) is 1.80. The molecule has 0 saturated heterocycles. The van der Waals surface area contributed by atoms with E-state index in [4.69, 9.17) is 20.1 Å². The van der Waals surface area contributed by atoms with Crippen molar-refractivity contribution in [2.45, 2.75) is 6.54 Å². The molecule has 3 N–H and O–H groups in total. The van der Waals surface area contributed by atoms with Crippen LogP contribution in [0.1, 0.15) is 5.76 Å². The van der Waals surface area contributed by atoms with Gasteiger partial charge in [-0.05, 0) is 18.2 Å². The van der Waals surface area contributed by atoms with Crippen LogP contribution < -0.4 is 10.5 Å². The quantitative estimate of drug-likeness (QED) is 0.322. The molecule has 0 amide bonds. The van der Waals surface area contributed by atoms with Crippen LogP contribution in [-0.2, 0) is 6.54 Å². The molecule has 21 heavy (non-hydrogen) atoms. The Morgan fingerprint density at radius 2 is 2.24 bits per heavy atom. The second-order valence-electron chi connectivity index (χ2n) is 4.36. The number of rotatable bonds is 5. The maximum Gasteiger partial charge on any atom is 0.215 e. The van der Waals surface area contributed by atoms with Crippen molar-refractivity contribution in [3.8, 4) is 5.75 Å². The van der Waals surface area contributed by atoms with Gasteiger partial charge in [0.25, 0.3) is 0 Å². The average molecular weight is 286 g/mol. The third-order valence-corrected chi connectivity index (χ3v) is 3.02. The van der Waals surface area contributed by atoms with Gasteiger partial charge in [-0.15, -0.1) is 0 Å². The molecule has 0 bridgehead atoms. The molecule has 0 atom stereocenters. The SMILES string of the molecule is N/C(=N/O)c1oc2ccccc2c1OCCn1cccn1. The number of fused-ring (bicyclic) bond motifs is 1. The van der Waals surface area contributed by atoms with E-state index < -0.39 is 0 Å². The molecule has 3 aromatic rings. The number of amidine groups is 1. The zero-order chi connectivity index (χ0) is 14.7. The van der Waals surface area contributed by atoms with Gasteiger partial charge in [0.15, 0.2) is 5.75 Å². The second-order valence-corrected chi connectivity index (χ2v) is 4.36. The maximum absolute atomic E-state index is 8.85. The number of nitrogens with zero attached hydrogens (tertiary/aromatic N) is 3. The standard InChI is InChI=1S/C14H14N4O3/c15-14(17-19)13-12(10-4-1-2-5-11(10)21-13)20-9-8-18-7-3-6-16-18/h1-7,19H,8-9H2,(H2,15,17). The van der Waals surface area contributed by atoms with Gasteiger partial charge in [0.2, 0.25) is 11.6 Å². The summed E-state index contributed by atoms with van der Waals surface area (Å²) in [6.07, 6.45) is 3.55. The van der Waals surface area contributed by atoms with Gasteiger partial charge >= 0.3 is 0 Å².